The fourth-order valence-electron chi connectivity index (χ4n) is 6.69. The van der Waals surface area contributed by atoms with Gasteiger partial charge in [0.05, 0.1) is 22.3 Å². The molecule has 6 aromatic rings. The number of phenols is 1. The first-order valence-corrected chi connectivity index (χ1v) is 17.1. The summed E-state index contributed by atoms with van der Waals surface area (Å²) in [5.74, 6) is 1.57. The van der Waals surface area contributed by atoms with E-state index in [-0.39, 0.29) is 45.1 Å². The molecule has 6 rings (SSSR count). The van der Waals surface area contributed by atoms with Crippen molar-refractivity contribution in [2.75, 3.05) is 0 Å². The van der Waals surface area contributed by atoms with Crippen LogP contribution in [0.5, 0.6) is 5.75 Å². The summed E-state index contributed by atoms with van der Waals surface area (Å²) in [7, 11) is 0. The predicted octanol–water partition coefficient (Wildman–Crippen LogP) is 11.8. The number of benzene rings is 4. The first-order valence-electron chi connectivity index (χ1n) is 17.1. The quantitative estimate of drug-likeness (QED) is 0.170. The molecule has 1 N–H and O–H groups in total. The molecule has 0 aliphatic heterocycles. The molecule has 0 saturated heterocycles. The van der Waals surface area contributed by atoms with Crippen molar-refractivity contribution in [3.63, 3.8) is 0 Å². The van der Waals surface area contributed by atoms with E-state index in [9.17, 15) is 5.11 Å². The van der Waals surface area contributed by atoms with Gasteiger partial charge in [-0.15, -0.1) is 29.8 Å². The van der Waals surface area contributed by atoms with Crippen LogP contribution in [0.1, 0.15) is 83.2 Å². The molecular weight excluding hydrogens is 794 g/mol. The van der Waals surface area contributed by atoms with Crippen molar-refractivity contribution in [2.45, 2.75) is 86.5 Å². The second-order valence-corrected chi connectivity index (χ2v) is 15.7. The average Bonchev–Trinajstić information content (AvgIpc) is 3.39. The molecule has 5 heteroatoms. The van der Waals surface area contributed by atoms with Crippen LogP contribution in [0.3, 0.4) is 0 Å². The molecule has 0 fully saturated rings. The van der Waals surface area contributed by atoms with Gasteiger partial charge in [0.15, 0.2) is 0 Å². The number of hydrogen-bond donors (Lipinski definition) is 1. The number of aryl methyl sites for hydroxylation is 2. The Morgan fingerprint density at radius 2 is 1.42 bits per heavy atom. The molecule has 0 aliphatic carbocycles. The minimum atomic E-state index is -0.267. The number of aromatic hydroxyl groups is 1. The zero-order valence-corrected chi connectivity index (χ0v) is 33.7. The molecule has 0 aliphatic rings. The second kappa shape index (κ2) is 14.7. The summed E-state index contributed by atoms with van der Waals surface area (Å²) in [6, 6.07) is 31.3. The SMILES string of the molecule is Cc1cccc(C)c1-n1c(-c2cc(C(C)(C)C)cc(C(C)(C)C)c2O)nc2c(-c3[c-]c(-c4cc(CC(C)C)ccn4)ccc3)cccc21.[CH3-].[Pt+2]. The molecule has 4 nitrogen and oxygen atoms in total. The van der Waals surface area contributed by atoms with Gasteiger partial charge < -0.3 is 12.5 Å². The molecular formula is C45H51N3OPt. The maximum atomic E-state index is 12.1. The van der Waals surface area contributed by atoms with Crippen molar-refractivity contribution < 1.29 is 26.2 Å². The third-order valence-corrected chi connectivity index (χ3v) is 9.20. The van der Waals surface area contributed by atoms with Crippen LogP contribution in [0.25, 0.3) is 50.5 Å². The van der Waals surface area contributed by atoms with E-state index in [1.165, 1.54) is 5.56 Å². The molecule has 0 amide bonds. The number of fused-ring (bicyclic) bond motifs is 1. The van der Waals surface area contributed by atoms with E-state index >= 15 is 0 Å². The fourth-order valence-corrected chi connectivity index (χ4v) is 6.69. The van der Waals surface area contributed by atoms with Gasteiger partial charge in [-0.1, -0.05) is 115 Å². The Morgan fingerprint density at radius 1 is 0.780 bits per heavy atom. The largest absolute Gasteiger partial charge is 2.00 e. The smallest absolute Gasteiger partial charge is 0.507 e. The van der Waals surface area contributed by atoms with Gasteiger partial charge in [0.2, 0.25) is 0 Å². The number of hydrogen-bond acceptors (Lipinski definition) is 3. The second-order valence-electron chi connectivity index (χ2n) is 15.7. The minimum absolute atomic E-state index is 0. The van der Waals surface area contributed by atoms with Crippen molar-refractivity contribution in [2.24, 2.45) is 5.92 Å². The summed E-state index contributed by atoms with van der Waals surface area (Å²) < 4.78 is 2.25. The summed E-state index contributed by atoms with van der Waals surface area (Å²) in [5.41, 5.74) is 12.7. The van der Waals surface area contributed by atoms with E-state index < -0.39 is 0 Å². The summed E-state index contributed by atoms with van der Waals surface area (Å²) in [6.45, 7) is 21.9. The molecule has 2 heterocycles. The molecule has 0 unspecified atom stereocenters. The minimum Gasteiger partial charge on any atom is -0.507 e. The van der Waals surface area contributed by atoms with Crippen molar-refractivity contribution in [1.82, 2.24) is 14.5 Å². The molecule has 0 spiro atoms. The van der Waals surface area contributed by atoms with Crippen LogP contribution in [0.15, 0.2) is 85.1 Å². The van der Waals surface area contributed by atoms with E-state index in [1.807, 2.05) is 6.20 Å². The van der Waals surface area contributed by atoms with Gasteiger partial charge in [-0.3, -0.25) is 9.55 Å². The third-order valence-electron chi connectivity index (χ3n) is 9.20. The monoisotopic (exact) mass is 844 g/mol. The van der Waals surface area contributed by atoms with Gasteiger partial charge >= 0.3 is 21.1 Å². The maximum absolute atomic E-state index is 12.1. The standard InChI is InChI=1S/C44H48N3O.CH3.Pt/c1-27(2)22-30-20-21-45-37(23-30)32-17-12-16-31(24-32)34-18-13-19-38-39(34)46-42(47(38)40-28(3)14-11-15-29(40)4)35-25-33(43(5,6)7)26-36(41(35)48)44(8,9)10;;/h11-21,23,25-27,48H,22H2,1-10H3;1H3;/q2*-1;+2. The first kappa shape index (κ1) is 38.8. The number of aromatic nitrogens is 3. The molecule has 262 valence electrons. The summed E-state index contributed by atoms with van der Waals surface area (Å²) in [6.07, 6.45) is 2.91. The average molecular weight is 845 g/mol. The van der Waals surface area contributed by atoms with Gasteiger partial charge in [0, 0.05) is 17.5 Å². The molecule has 0 bridgehead atoms. The number of para-hydroxylation sites is 2. The number of rotatable bonds is 6. The number of nitrogens with zero attached hydrogens (tertiary/aromatic N) is 3. The van der Waals surface area contributed by atoms with E-state index in [1.54, 1.807) is 0 Å². The van der Waals surface area contributed by atoms with E-state index in [2.05, 4.69) is 159 Å². The number of pyridine rings is 1. The molecule has 0 atom stereocenters. The van der Waals surface area contributed by atoms with Gasteiger partial charge in [0.25, 0.3) is 0 Å². The topological polar surface area (TPSA) is 50.9 Å². The summed E-state index contributed by atoms with van der Waals surface area (Å²) >= 11 is 0. The Labute approximate surface area is 314 Å². The fraction of sp³-hybridized carbons (Fsp3) is 0.311. The Bertz CT molecular complexity index is 2120. The van der Waals surface area contributed by atoms with Crippen molar-refractivity contribution in [3.8, 4) is 45.2 Å². The van der Waals surface area contributed by atoms with E-state index in [0.29, 0.717) is 5.92 Å². The Balaban J connectivity index is 0.00000281. The zero-order valence-electron chi connectivity index (χ0n) is 31.5. The molecule has 4 aromatic carbocycles. The molecule has 0 radical (unpaired) electrons. The molecule has 0 saturated carbocycles. The number of imidazole rings is 1. The van der Waals surface area contributed by atoms with Gasteiger partial charge in [0.1, 0.15) is 11.6 Å². The Hall–Kier alpha value is -4.01. The van der Waals surface area contributed by atoms with Crippen LogP contribution in [0.2, 0.25) is 0 Å². The van der Waals surface area contributed by atoms with Crippen LogP contribution in [0, 0.1) is 33.3 Å². The predicted molar refractivity (Wildman–Crippen MR) is 208 cm³/mol. The number of phenolic OH excluding ortho intramolecular Hbond substituents is 1. The van der Waals surface area contributed by atoms with Gasteiger partial charge in [-0.25, -0.2) is 4.98 Å². The van der Waals surface area contributed by atoms with Crippen molar-refractivity contribution in [1.29, 1.82) is 0 Å². The normalized spacial score (nSPS) is 11.8. The molecule has 50 heavy (non-hydrogen) atoms. The van der Waals surface area contributed by atoms with Crippen LogP contribution in [0.4, 0.5) is 0 Å². The van der Waals surface area contributed by atoms with Crippen molar-refractivity contribution in [3.05, 3.63) is 126 Å². The summed E-state index contributed by atoms with van der Waals surface area (Å²) in [4.78, 5) is 10.2. The maximum Gasteiger partial charge on any atom is 2.00 e. The van der Waals surface area contributed by atoms with Crippen LogP contribution < -0.4 is 0 Å². The summed E-state index contributed by atoms with van der Waals surface area (Å²) in [5, 5.41) is 12.1. The van der Waals surface area contributed by atoms with Gasteiger partial charge in [-0.05, 0) is 71.9 Å². The zero-order chi connectivity index (χ0) is 34.5. The van der Waals surface area contributed by atoms with Gasteiger partial charge in [-0.2, -0.15) is 0 Å². The Morgan fingerprint density at radius 3 is 2.06 bits per heavy atom. The van der Waals surface area contributed by atoms with Crippen LogP contribution >= 0.6 is 0 Å². The van der Waals surface area contributed by atoms with Crippen LogP contribution in [-0.4, -0.2) is 19.6 Å². The molecule has 2 aromatic heterocycles. The van der Waals surface area contributed by atoms with E-state index in [4.69, 9.17) is 9.97 Å². The first-order chi connectivity index (χ1) is 22.6. The van der Waals surface area contributed by atoms with E-state index in [0.717, 1.165) is 79.2 Å². The van der Waals surface area contributed by atoms with Crippen molar-refractivity contribution >= 4 is 11.0 Å². The van der Waals surface area contributed by atoms with Crippen LogP contribution in [-0.2, 0) is 38.3 Å². The third kappa shape index (κ3) is 7.52. The Kier molecular flexibility index (Phi) is 11.4.